The summed E-state index contributed by atoms with van der Waals surface area (Å²) >= 11 is 5.83. The first-order valence-electron chi connectivity index (χ1n) is 9.36. The number of hydrogen-bond donors (Lipinski definition) is 0. The Balaban J connectivity index is 1.47. The maximum atomic E-state index is 12.4. The molecule has 146 valence electrons. The van der Waals surface area contributed by atoms with Gasteiger partial charge in [-0.05, 0) is 55.5 Å². The highest BCUT2D eigenvalue weighted by Crippen LogP contribution is 2.18. The van der Waals surface area contributed by atoms with E-state index >= 15 is 0 Å². The van der Waals surface area contributed by atoms with Crippen molar-refractivity contribution >= 4 is 34.8 Å². The van der Waals surface area contributed by atoms with Crippen LogP contribution in [0.2, 0.25) is 5.02 Å². The van der Waals surface area contributed by atoms with Crippen LogP contribution in [0.3, 0.4) is 0 Å². The van der Waals surface area contributed by atoms with Crippen LogP contribution in [0.4, 0.5) is 5.69 Å². The van der Waals surface area contributed by atoms with E-state index in [0.717, 1.165) is 18.8 Å². The van der Waals surface area contributed by atoms with Gasteiger partial charge >= 0.3 is 0 Å². The number of amides is 1. The monoisotopic (exact) mass is 398 g/mol. The van der Waals surface area contributed by atoms with Crippen LogP contribution in [0.15, 0.2) is 48.5 Å². The molecule has 3 rings (SSSR count). The van der Waals surface area contributed by atoms with E-state index in [4.69, 9.17) is 11.6 Å². The average Bonchev–Trinajstić information content (AvgIpc) is 2.72. The number of carbonyl (C=O) groups excluding carboxylic acids is 3. The van der Waals surface area contributed by atoms with E-state index in [2.05, 4.69) is 4.90 Å². The first-order valence-corrected chi connectivity index (χ1v) is 9.74. The molecule has 2 aromatic rings. The third-order valence-corrected chi connectivity index (χ3v) is 5.26. The molecule has 0 atom stereocenters. The molecule has 1 amide bonds. The molecule has 0 radical (unpaired) electrons. The zero-order valence-corrected chi connectivity index (χ0v) is 16.6. The fourth-order valence-corrected chi connectivity index (χ4v) is 3.41. The minimum absolute atomic E-state index is 0.00823. The zero-order valence-electron chi connectivity index (χ0n) is 15.9. The standard InChI is InChI=1S/C22H23ClN2O3/c1-16(26)17-4-8-20(9-5-17)24-12-14-25(15-13-24)22(28)11-10-21(27)18-2-6-19(23)7-3-18/h2-9H,10-15H2,1H3. The van der Waals surface area contributed by atoms with Crippen LogP contribution in [0.5, 0.6) is 0 Å². The van der Waals surface area contributed by atoms with Gasteiger partial charge in [0.1, 0.15) is 0 Å². The molecule has 0 aliphatic carbocycles. The van der Waals surface area contributed by atoms with Gasteiger partial charge in [0.2, 0.25) is 5.91 Å². The third kappa shape index (κ3) is 4.98. The molecule has 6 heteroatoms. The van der Waals surface area contributed by atoms with Crippen molar-refractivity contribution in [3.63, 3.8) is 0 Å². The average molecular weight is 399 g/mol. The Labute approximate surface area is 169 Å². The predicted octanol–water partition coefficient (Wildman–Crippen LogP) is 3.85. The highest BCUT2D eigenvalue weighted by Gasteiger charge is 2.22. The number of Topliss-reactive ketones (excluding diaryl/α,β-unsaturated/α-hetero) is 2. The van der Waals surface area contributed by atoms with Gasteiger partial charge in [-0.3, -0.25) is 14.4 Å². The molecule has 1 aliphatic rings. The van der Waals surface area contributed by atoms with Crippen LogP contribution in [-0.2, 0) is 4.79 Å². The van der Waals surface area contributed by atoms with Crippen molar-refractivity contribution in [2.75, 3.05) is 31.1 Å². The van der Waals surface area contributed by atoms with Crippen molar-refractivity contribution in [2.24, 2.45) is 0 Å². The summed E-state index contributed by atoms with van der Waals surface area (Å²) in [5, 5.41) is 0.585. The zero-order chi connectivity index (χ0) is 20.1. The molecule has 0 saturated carbocycles. The van der Waals surface area contributed by atoms with E-state index in [9.17, 15) is 14.4 Å². The van der Waals surface area contributed by atoms with Gasteiger partial charge in [0.15, 0.2) is 11.6 Å². The number of ketones is 2. The number of nitrogens with zero attached hydrogens (tertiary/aromatic N) is 2. The molecule has 2 aromatic carbocycles. The second-order valence-electron chi connectivity index (χ2n) is 6.90. The third-order valence-electron chi connectivity index (χ3n) is 5.00. The lowest BCUT2D eigenvalue weighted by Crippen LogP contribution is -2.48. The topological polar surface area (TPSA) is 57.7 Å². The molecule has 28 heavy (non-hydrogen) atoms. The van der Waals surface area contributed by atoms with Crippen LogP contribution < -0.4 is 4.90 Å². The maximum Gasteiger partial charge on any atom is 0.223 e. The number of rotatable bonds is 6. The molecule has 5 nitrogen and oxygen atoms in total. The molecular weight excluding hydrogens is 376 g/mol. The minimum atomic E-state index is -0.0470. The van der Waals surface area contributed by atoms with E-state index in [1.807, 2.05) is 29.2 Å². The van der Waals surface area contributed by atoms with Crippen molar-refractivity contribution in [1.82, 2.24) is 4.90 Å². The molecule has 1 heterocycles. The second kappa shape index (κ2) is 9.02. The molecule has 1 fully saturated rings. The number of benzene rings is 2. The van der Waals surface area contributed by atoms with Gasteiger partial charge in [-0.1, -0.05) is 11.6 Å². The number of hydrogen-bond acceptors (Lipinski definition) is 4. The fraction of sp³-hybridized carbons (Fsp3) is 0.318. The van der Waals surface area contributed by atoms with E-state index in [-0.39, 0.29) is 30.3 Å². The first-order chi connectivity index (χ1) is 13.4. The number of carbonyl (C=O) groups is 3. The Morgan fingerprint density at radius 1 is 0.821 bits per heavy atom. The van der Waals surface area contributed by atoms with E-state index in [1.54, 1.807) is 31.2 Å². The molecule has 0 N–H and O–H groups in total. The molecule has 1 aliphatic heterocycles. The SMILES string of the molecule is CC(=O)c1ccc(N2CCN(C(=O)CCC(=O)c3ccc(Cl)cc3)CC2)cc1. The minimum Gasteiger partial charge on any atom is -0.368 e. The van der Waals surface area contributed by atoms with Gasteiger partial charge in [-0.15, -0.1) is 0 Å². The summed E-state index contributed by atoms with van der Waals surface area (Å²) in [6, 6.07) is 14.3. The van der Waals surface area contributed by atoms with Crippen LogP contribution in [0.1, 0.15) is 40.5 Å². The Kier molecular flexibility index (Phi) is 6.47. The lowest BCUT2D eigenvalue weighted by molar-refractivity contribution is -0.131. The summed E-state index contributed by atoms with van der Waals surface area (Å²) in [5.74, 6) is 0.0122. The molecule has 0 unspecified atom stereocenters. The quantitative estimate of drug-likeness (QED) is 0.693. The molecule has 0 bridgehead atoms. The smallest absolute Gasteiger partial charge is 0.223 e. The largest absolute Gasteiger partial charge is 0.368 e. The van der Waals surface area contributed by atoms with Gasteiger partial charge in [0.25, 0.3) is 0 Å². The molecule has 0 aromatic heterocycles. The van der Waals surface area contributed by atoms with Crippen molar-refractivity contribution in [3.8, 4) is 0 Å². The van der Waals surface area contributed by atoms with Crippen molar-refractivity contribution in [2.45, 2.75) is 19.8 Å². The highest BCUT2D eigenvalue weighted by molar-refractivity contribution is 6.30. The van der Waals surface area contributed by atoms with Crippen molar-refractivity contribution in [1.29, 1.82) is 0 Å². The Hall–Kier alpha value is -2.66. The number of anilines is 1. The number of piperazine rings is 1. The molecular formula is C22H23ClN2O3. The van der Waals surface area contributed by atoms with Gasteiger partial charge in [0, 0.05) is 60.9 Å². The second-order valence-corrected chi connectivity index (χ2v) is 7.34. The Morgan fingerprint density at radius 2 is 1.39 bits per heavy atom. The lowest BCUT2D eigenvalue weighted by Gasteiger charge is -2.36. The summed E-state index contributed by atoms with van der Waals surface area (Å²) in [5.41, 5.74) is 2.33. The van der Waals surface area contributed by atoms with Gasteiger partial charge < -0.3 is 9.80 Å². The summed E-state index contributed by atoms with van der Waals surface area (Å²) in [6.45, 7) is 4.27. The van der Waals surface area contributed by atoms with E-state index in [1.165, 1.54) is 0 Å². The Bertz CT molecular complexity index is 854. The van der Waals surface area contributed by atoms with Crippen LogP contribution >= 0.6 is 11.6 Å². The van der Waals surface area contributed by atoms with Gasteiger partial charge in [-0.2, -0.15) is 0 Å². The Morgan fingerprint density at radius 3 is 1.96 bits per heavy atom. The van der Waals surface area contributed by atoms with E-state index in [0.29, 0.717) is 29.2 Å². The van der Waals surface area contributed by atoms with E-state index < -0.39 is 0 Å². The van der Waals surface area contributed by atoms with Gasteiger partial charge in [-0.25, -0.2) is 0 Å². The maximum absolute atomic E-state index is 12.4. The predicted molar refractivity (Wildman–Crippen MR) is 110 cm³/mol. The van der Waals surface area contributed by atoms with Crippen molar-refractivity contribution in [3.05, 3.63) is 64.7 Å². The van der Waals surface area contributed by atoms with Crippen molar-refractivity contribution < 1.29 is 14.4 Å². The summed E-state index contributed by atoms with van der Waals surface area (Å²) in [4.78, 5) is 40.1. The van der Waals surface area contributed by atoms with Gasteiger partial charge in [0.05, 0.1) is 0 Å². The summed E-state index contributed by atoms with van der Waals surface area (Å²) in [6.07, 6.45) is 0.419. The molecule has 1 saturated heterocycles. The highest BCUT2D eigenvalue weighted by atomic mass is 35.5. The summed E-state index contributed by atoms with van der Waals surface area (Å²) < 4.78 is 0. The first kappa shape index (κ1) is 20.1. The molecule has 0 spiro atoms. The van der Waals surface area contributed by atoms with Crippen LogP contribution in [0.25, 0.3) is 0 Å². The van der Waals surface area contributed by atoms with Crippen LogP contribution in [0, 0.1) is 0 Å². The normalized spacial score (nSPS) is 14.1. The summed E-state index contributed by atoms with van der Waals surface area (Å²) in [7, 11) is 0. The van der Waals surface area contributed by atoms with Crippen LogP contribution in [-0.4, -0.2) is 48.6 Å². The fourth-order valence-electron chi connectivity index (χ4n) is 3.28. The lowest BCUT2D eigenvalue weighted by atomic mass is 10.1. The number of halogens is 1.